The topological polar surface area (TPSA) is 37.3 Å². The first kappa shape index (κ1) is 16.6. The molecule has 0 aliphatic heterocycles. The number of hydrogen-bond donors (Lipinski definition) is 1. The Labute approximate surface area is 146 Å². The first-order valence-electron chi connectivity index (χ1n) is 9.86. The fourth-order valence-electron chi connectivity index (χ4n) is 7.21. The third-order valence-electron chi connectivity index (χ3n) is 8.40. The van der Waals surface area contributed by atoms with E-state index >= 15 is 0 Å². The number of carbonyl (C=O) groups excluding carboxylic acids is 1. The molecule has 1 N–H and O–H groups in total. The molecule has 132 valence electrons. The highest BCUT2D eigenvalue weighted by Gasteiger charge is 2.57. The summed E-state index contributed by atoms with van der Waals surface area (Å²) < 4.78 is 0. The van der Waals surface area contributed by atoms with Crippen LogP contribution in [0, 0.1) is 28.6 Å². The lowest BCUT2D eigenvalue weighted by molar-refractivity contribution is -0.115. The Bertz CT molecular complexity index is 642. The molecule has 2 saturated carbocycles. The molecule has 0 aromatic heterocycles. The van der Waals surface area contributed by atoms with Crippen molar-refractivity contribution in [1.29, 1.82) is 0 Å². The molecule has 0 bridgehead atoms. The average Bonchev–Trinajstić information content (AvgIpc) is 2.87. The fourth-order valence-corrected chi connectivity index (χ4v) is 7.21. The van der Waals surface area contributed by atoms with Gasteiger partial charge in [0, 0.05) is 0 Å². The molecule has 0 radical (unpaired) electrons. The standard InChI is InChI=1S/C22H32O2/c1-13-11-16-18-6-5-17(14(2)23)21(18,3)10-8-19(16)22(4)9-7-15(24)12-20(13)22/h5,15-16,18-19,24H,6-12H2,1-4H3/t15-,16-,18-,19-,21-,22-/m1/s1. The number of Topliss-reactive ketones (excluding diaryl/α,β-unsaturated/α-hetero) is 1. The van der Waals surface area contributed by atoms with E-state index in [1.54, 1.807) is 12.5 Å². The normalized spacial score (nSPS) is 47.6. The molecule has 24 heavy (non-hydrogen) atoms. The zero-order valence-electron chi connectivity index (χ0n) is 15.7. The molecule has 2 heteroatoms. The van der Waals surface area contributed by atoms with E-state index < -0.39 is 0 Å². The summed E-state index contributed by atoms with van der Waals surface area (Å²) in [6.07, 6.45) is 9.79. The Morgan fingerprint density at radius 3 is 2.54 bits per heavy atom. The Morgan fingerprint density at radius 1 is 1.12 bits per heavy atom. The summed E-state index contributed by atoms with van der Waals surface area (Å²) in [4.78, 5) is 12.2. The molecule has 6 atom stereocenters. The van der Waals surface area contributed by atoms with Crippen LogP contribution in [-0.2, 0) is 4.79 Å². The van der Waals surface area contributed by atoms with E-state index in [0.29, 0.717) is 11.8 Å². The third kappa shape index (κ3) is 2.08. The van der Waals surface area contributed by atoms with Gasteiger partial charge >= 0.3 is 0 Å². The van der Waals surface area contributed by atoms with Gasteiger partial charge in [-0.1, -0.05) is 31.1 Å². The maximum absolute atomic E-state index is 12.2. The number of allylic oxidation sites excluding steroid dienone is 3. The lowest BCUT2D eigenvalue weighted by atomic mass is 9.46. The van der Waals surface area contributed by atoms with Gasteiger partial charge in [-0.05, 0) is 93.0 Å². The second-order valence-corrected chi connectivity index (χ2v) is 9.52. The van der Waals surface area contributed by atoms with Crippen LogP contribution in [0.5, 0.6) is 0 Å². The van der Waals surface area contributed by atoms with Crippen molar-refractivity contribution in [3.63, 3.8) is 0 Å². The number of hydrogen-bond acceptors (Lipinski definition) is 2. The van der Waals surface area contributed by atoms with Crippen molar-refractivity contribution in [2.45, 2.75) is 78.7 Å². The van der Waals surface area contributed by atoms with Crippen LogP contribution in [0.25, 0.3) is 0 Å². The molecular weight excluding hydrogens is 296 g/mol. The number of aliphatic hydroxyl groups excluding tert-OH is 1. The van der Waals surface area contributed by atoms with Crippen LogP contribution in [0.2, 0.25) is 0 Å². The largest absolute Gasteiger partial charge is 0.393 e. The van der Waals surface area contributed by atoms with Gasteiger partial charge in [-0.2, -0.15) is 0 Å². The fraction of sp³-hybridized carbons (Fsp3) is 0.773. The summed E-state index contributed by atoms with van der Waals surface area (Å²) in [5, 5.41) is 10.2. The van der Waals surface area contributed by atoms with Crippen LogP contribution in [0.3, 0.4) is 0 Å². The van der Waals surface area contributed by atoms with E-state index in [1.165, 1.54) is 18.4 Å². The summed E-state index contributed by atoms with van der Waals surface area (Å²) in [5.74, 6) is 2.37. The highest BCUT2D eigenvalue weighted by atomic mass is 16.3. The highest BCUT2D eigenvalue weighted by molar-refractivity contribution is 5.95. The maximum atomic E-state index is 12.2. The van der Waals surface area contributed by atoms with E-state index in [9.17, 15) is 9.90 Å². The van der Waals surface area contributed by atoms with Crippen LogP contribution in [0.15, 0.2) is 22.8 Å². The maximum Gasteiger partial charge on any atom is 0.156 e. The van der Waals surface area contributed by atoms with Crippen LogP contribution in [0.1, 0.15) is 72.6 Å². The highest BCUT2D eigenvalue weighted by Crippen LogP contribution is 2.66. The van der Waals surface area contributed by atoms with E-state index in [4.69, 9.17) is 0 Å². The lowest BCUT2D eigenvalue weighted by Gasteiger charge is -2.58. The number of carbonyl (C=O) groups is 1. The first-order valence-corrected chi connectivity index (χ1v) is 9.86. The van der Waals surface area contributed by atoms with Gasteiger partial charge in [-0.25, -0.2) is 0 Å². The van der Waals surface area contributed by atoms with Crippen molar-refractivity contribution in [2.75, 3.05) is 0 Å². The Balaban J connectivity index is 1.71. The lowest BCUT2D eigenvalue weighted by Crippen LogP contribution is -2.51. The molecule has 4 rings (SSSR count). The first-order chi connectivity index (χ1) is 11.3. The predicted octanol–water partition coefficient (Wildman–Crippen LogP) is 4.83. The molecule has 0 heterocycles. The minimum Gasteiger partial charge on any atom is -0.393 e. The zero-order chi connectivity index (χ0) is 17.3. The molecule has 0 spiro atoms. The number of ketones is 1. The van der Waals surface area contributed by atoms with Gasteiger partial charge in [0.2, 0.25) is 0 Å². The van der Waals surface area contributed by atoms with Gasteiger partial charge in [0.05, 0.1) is 6.10 Å². The molecule has 0 aromatic carbocycles. The van der Waals surface area contributed by atoms with Gasteiger partial charge < -0.3 is 5.11 Å². The molecule has 0 aromatic rings. The van der Waals surface area contributed by atoms with E-state index in [2.05, 4.69) is 26.8 Å². The van der Waals surface area contributed by atoms with Crippen molar-refractivity contribution < 1.29 is 9.90 Å². The number of rotatable bonds is 1. The average molecular weight is 328 g/mol. The summed E-state index contributed by atoms with van der Waals surface area (Å²) in [6, 6.07) is 0. The summed E-state index contributed by atoms with van der Waals surface area (Å²) in [5.41, 5.74) is 4.62. The predicted molar refractivity (Wildman–Crippen MR) is 96.5 cm³/mol. The molecule has 0 amide bonds. The second-order valence-electron chi connectivity index (χ2n) is 9.52. The Morgan fingerprint density at radius 2 is 1.83 bits per heavy atom. The van der Waals surface area contributed by atoms with E-state index in [0.717, 1.165) is 43.6 Å². The van der Waals surface area contributed by atoms with Crippen molar-refractivity contribution in [2.24, 2.45) is 28.6 Å². The number of aliphatic hydroxyl groups is 1. The van der Waals surface area contributed by atoms with Gasteiger partial charge in [0.15, 0.2) is 5.78 Å². The zero-order valence-corrected chi connectivity index (χ0v) is 15.7. The SMILES string of the molecule is CC(=O)C1=CC[C@@H]2[C@H]3CC(C)=C4C[C@H](O)CC[C@]4(C)[C@@H]3CC[C@]12C. The van der Waals surface area contributed by atoms with Crippen molar-refractivity contribution in [1.82, 2.24) is 0 Å². The minimum atomic E-state index is -0.133. The summed E-state index contributed by atoms with van der Waals surface area (Å²) in [6.45, 7) is 8.89. The van der Waals surface area contributed by atoms with Crippen LogP contribution >= 0.6 is 0 Å². The molecule has 4 aliphatic carbocycles. The second kappa shape index (κ2) is 5.30. The van der Waals surface area contributed by atoms with Crippen LogP contribution in [-0.4, -0.2) is 17.0 Å². The van der Waals surface area contributed by atoms with E-state index in [1.807, 2.05) is 0 Å². The monoisotopic (exact) mass is 328 g/mol. The minimum absolute atomic E-state index is 0.106. The van der Waals surface area contributed by atoms with Crippen molar-refractivity contribution >= 4 is 5.78 Å². The Hall–Kier alpha value is -0.890. The number of fused-ring (bicyclic) bond motifs is 5. The van der Waals surface area contributed by atoms with Crippen molar-refractivity contribution in [3.8, 4) is 0 Å². The molecule has 0 saturated heterocycles. The Kier molecular flexibility index (Phi) is 3.66. The van der Waals surface area contributed by atoms with E-state index in [-0.39, 0.29) is 22.7 Å². The van der Waals surface area contributed by atoms with Crippen LogP contribution in [0.4, 0.5) is 0 Å². The molecule has 2 fully saturated rings. The van der Waals surface area contributed by atoms with Gasteiger partial charge in [-0.3, -0.25) is 4.79 Å². The molecule has 0 unspecified atom stereocenters. The molecule has 2 nitrogen and oxygen atoms in total. The van der Waals surface area contributed by atoms with Crippen molar-refractivity contribution in [3.05, 3.63) is 22.8 Å². The summed E-state index contributed by atoms with van der Waals surface area (Å²) >= 11 is 0. The quantitative estimate of drug-likeness (QED) is 0.700. The summed E-state index contributed by atoms with van der Waals surface area (Å²) in [7, 11) is 0. The molecular formula is C22H32O2. The smallest absolute Gasteiger partial charge is 0.156 e. The molecule has 4 aliphatic rings. The third-order valence-corrected chi connectivity index (χ3v) is 8.40. The van der Waals surface area contributed by atoms with Gasteiger partial charge in [0.25, 0.3) is 0 Å². The van der Waals surface area contributed by atoms with Crippen LogP contribution < -0.4 is 0 Å². The van der Waals surface area contributed by atoms with Gasteiger partial charge in [-0.15, -0.1) is 0 Å². The van der Waals surface area contributed by atoms with Gasteiger partial charge in [0.1, 0.15) is 0 Å².